The van der Waals surface area contributed by atoms with Gasteiger partial charge < -0.3 is 10.5 Å². The van der Waals surface area contributed by atoms with Crippen molar-refractivity contribution in [3.8, 4) is 0 Å². The first-order valence-corrected chi connectivity index (χ1v) is 4.44. The summed E-state index contributed by atoms with van der Waals surface area (Å²) in [4.78, 5) is 11.5. The van der Waals surface area contributed by atoms with Crippen LogP contribution >= 0.6 is 0 Å². The van der Waals surface area contributed by atoms with Crippen LogP contribution in [-0.4, -0.2) is 28.3 Å². The number of hydrogen-bond donors (Lipinski definition) is 1. The number of ether oxygens (including phenoxy) is 1. The van der Waals surface area contributed by atoms with E-state index in [2.05, 4.69) is 5.10 Å². The Morgan fingerprint density at radius 3 is 2.79 bits per heavy atom. The predicted molar refractivity (Wildman–Crippen MR) is 53.0 cm³/mol. The van der Waals surface area contributed by atoms with E-state index >= 15 is 0 Å². The molecule has 0 amide bonds. The number of nitrogens with zero attached hydrogens (tertiary/aromatic N) is 2. The van der Waals surface area contributed by atoms with E-state index < -0.39 is 0 Å². The molecule has 0 atom stereocenters. The van der Waals surface area contributed by atoms with Crippen LogP contribution in [0, 0.1) is 0 Å². The Morgan fingerprint density at radius 2 is 2.36 bits per heavy atom. The number of rotatable bonds is 4. The maximum absolute atomic E-state index is 11.5. The number of Topliss-reactive ketones (excluding diaryl/α,β-unsaturated/α-hetero) is 1. The van der Waals surface area contributed by atoms with Gasteiger partial charge in [-0.1, -0.05) is 0 Å². The Balaban J connectivity index is 2.66. The Kier molecular flexibility index (Phi) is 3.24. The zero-order valence-electron chi connectivity index (χ0n) is 8.65. The van der Waals surface area contributed by atoms with Crippen LogP contribution < -0.4 is 5.73 Å². The Bertz CT molecular complexity index is 331. The molecule has 0 saturated carbocycles. The summed E-state index contributed by atoms with van der Waals surface area (Å²) in [6, 6.07) is 0. The second kappa shape index (κ2) is 4.23. The number of aromatic nitrogens is 2. The van der Waals surface area contributed by atoms with Gasteiger partial charge in [0.1, 0.15) is 12.4 Å². The lowest BCUT2D eigenvalue weighted by Crippen LogP contribution is -2.14. The van der Waals surface area contributed by atoms with Gasteiger partial charge >= 0.3 is 0 Å². The summed E-state index contributed by atoms with van der Waals surface area (Å²) in [5, 5.41) is 3.88. The van der Waals surface area contributed by atoms with Crippen LogP contribution in [0.25, 0.3) is 0 Å². The molecule has 0 aromatic carbocycles. The van der Waals surface area contributed by atoms with Gasteiger partial charge in [0, 0.05) is 7.05 Å². The molecule has 5 nitrogen and oxygen atoms in total. The summed E-state index contributed by atoms with van der Waals surface area (Å²) in [6.07, 6.45) is 1.50. The van der Waals surface area contributed by atoms with Crippen LogP contribution in [0.15, 0.2) is 6.20 Å². The second-order valence-corrected chi connectivity index (χ2v) is 3.35. The molecule has 0 aliphatic heterocycles. The van der Waals surface area contributed by atoms with Crippen molar-refractivity contribution in [3.05, 3.63) is 11.8 Å². The average Bonchev–Trinajstić information content (AvgIpc) is 2.44. The van der Waals surface area contributed by atoms with Crippen molar-refractivity contribution >= 4 is 11.6 Å². The summed E-state index contributed by atoms with van der Waals surface area (Å²) in [5.41, 5.74) is 6.06. The van der Waals surface area contributed by atoms with Crippen molar-refractivity contribution in [2.75, 3.05) is 12.3 Å². The lowest BCUT2D eigenvalue weighted by molar-refractivity contribution is 0.0585. The molecule has 0 aliphatic rings. The summed E-state index contributed by atoms with van der Waals surface area (Å²) in [7, 11) is 1.69. The zero-order valence-corrected chi connectivity index (χ0v) is 8.65. The molecule has 78 valence electrons. The maximum Gasteiger partial charge on any atom is 0.193 e. The van der Waals surface area contributed by atoms with E-state index in [9.17, 15) is 4.79 Å². The van der Waals surface area contributed by atoms with Crippen LogP contribution in [0.2, 0.25) is 0 Å². The third-order valence-corrected chi connectivity index (χ3v) is 1.83. The number of ketones is 1. The van der Waals surface area contributed by atoms with Gasteiger partial charge in [0.25, 0.3) is 0 Å². The van der Waals surface area contributed by atoms with Gasteiger partial charge in [0.2, 0.25) is 0 Å². The number of anilines is 1. The van der Waals surface area contributed by atoms with E-state index in [1.807, 2.05) is 13.8 Å². The standard InChI is InChI=1S/C9H15N3O2/c1-6(2)14-5-8(13)7-4-11-12(3)9(7)10/h4,6H,5,10H2,1-3H3. The number of carbonyl (C=O) groups is 1. The summed E-state index contributed by atoms with van der Waals surface area (Å²) >= 11 is 0. The van der Waals surface area contributed by atoms with E-state index in [4.69, 9.17) is 10.5 Å². The highest BCUT2D eigenvalue weighted by atomic mass is 16.5. The van der Waals surface area contributed by atoms with Crippen LogP contribution in [0.1, 0.15) is 24.2 Å². The van der Waals surface area contributed by atoms with Gasteiger partial charge in [-0.05, 0) is 13.8 Å². The molecule has 0 radical (unpaired) electrons. The summed E-state index contributed by atoms with van der Waals surface area (Å²) in [6.45, 7) is 3.80. The summed E-state index contributed by atoms with van der Waals surface area (Å²) < 4.78 is 6.64. The van der Waals surface area contributed by atoms with Crippen molar-refractivity contribution < 1.29 is 9.53 Å². The van der Waals surface area contributed by atoms with Crippen molar-refractivity contribution in [3.63, 3.8) is 0 Å². The smallest absolute Gasteiger partial charge is 0.193 e. The number of aryl methyl sites for hydroxylation is 1. The number of carbonyl (C=O) groups excluding carboxylic acids is 1. The molecule has 2 N–H and O–H groups in total. The third kappa shape index (κ3) is 2.32. The van der Waals surface area contributed by atoms with Crippen molar-refractivity contribution in [2.24, 2.45) is 7.05 Å². The fraction of sp³-hybridized carbons (Fsp3) is 0.556. The minimum atomic E-state index is -0.135. The Labute approximate surface area is 82.8 Å². The SMILES string of the molecule is CC(C)OCC(=O)c1cnn(C)c1N. The van der Waals surface area contributed by atoms with E-state index in [0.29, 0.717) is 11.4 Å². The molecule has 5 heteroatoms. The highest BCUT2D eigenvalue weighted by Gasteiger charge is 2.13. The fourth-order valence-corrected chi connectivity index (χ4v) is 0.982. The molecule has 0 unspecified atom stereocenters. The molecular formula is C9H15N3O2. The molecule has 0 spiro atoms. The molecule has 0 bridgehead atoms. The number of nitrogen functional groups attached to an aromatic ring is 1. The van der Waals surface area contributed by atoms with Crippen molar-refractivity contribution in [2.45, 2.75) is 20.0 Å². The van der Waals surface area contributed by atoms with E-state index in [1.54, 1.807) is 7.05 Å². The van der Waals surface area contributed by atoms with Gasteiger partial charge in [0.05, 0.1) is 17.9 Å². The molecule has 1 heterocycles. The highest BCUT2D eigenvalue weighted by molar-refractivity contribution is 6.00. The highest BCUT2D eigenvalue weighted by Crippen LogP contribution is 2.10. The van der Waals surface area contributed by atoms with Gasteiger partial charge in [0.15, 0.2) is 5.78 Å². The first kappa shape index (κ1) is 10.7. The number of hydrogen-bond acceptors (Lipinski definition) is 4. The largest absolute Gasteiger partial charge is 0.383 e. The van der Waals surface area contributed by atoms with E-state index in [1.165, 1.54) is 10.9 Å². The van der Waals surface area contributed by atoms with Crippen molar-refractivity contribution in [1.29, 1.82) is 0 Å². The molecule has 1 rings (SSSR count). The van der Waals surface area contributed by atoms with Gasteiger partial charge in [-0.15, -0.1) is 0 Å². The molecule has 14 heavy (non-hydrogen) atoms. The maximum atomic E-state index is 11.5. The van der Waals surface area contributed by atoms with Crippen LogP contribution in [0.5, 0.6) is 0 Å². The Morgan fingerprint density at radius 1 is 1.71 bits per heavy atom. The topological polar surface area (TPSA) is 70.1 Å². The minimum absolute atomic E-state index is 0.0387. The molecule has 0 aliphatic carbocycles. The molecule has 0 saturated heterocycles. The monoisotopic (exact) mass is 197 g/mol. The molecular weight excluding hydrogens is 182 g/mol. The molecule has 1 aromatic rings. The van der Waals surface area contributed by atoms with Crippen LogP contribution in [-0.2, 0) is 11.8 Å². The van der Waals surface area contributed by atoms with Crippen LogP contribution in [0.3, 0.4) is 0 Å². The first-order chi connectivity index (χ1) is 6.52. The lowest BCUT2D eigenvalue weighted by Gasteiger charge is -2.05. The second-order valence-electron chi connectivity index (χ2n) is 3.35. The zero-order chi connectivity index (χ0) is 10.7. The molecule has 0 fully saturated rings. The quantitative estimate of drug-likeness (QED) is 0.718. The van der Waals surface area contributed by atoms with E-state index in [0.717, 1.165) is 0 Å². The average molecular weight is 197 g/mol. The Hall–Kier alpha value is -1.36. The summed E-state index contributed by atoms with van der Waals surface area (Å²) in [5.74, 6) is 0.242. The molecule has 1 aromatic heterocycles. The first-order valence-electron chi connectivity index (χ1n) is 4.44. The van der Waals surface area contributed by atoms with Gasteiger partial charge in [-0.25, -0.2) is 0 Å². The lowest BCUT2D eigenvalue weighted by atomic mass is 10.2. The van der Waals surface area contributed by atoms with Gasteiger partial charge in [-0.3, -0.25) is 9.48 Å². The van der Waals surface area contributed by atoms with Crippen molar-refractivity contribution in [1.82, 2.24) is 9.78 Å². The number of nitrogens with two attached hydrogens (primary N) is 1. The normalized spacial score (nSPS) is 10.9. The fourth-order valence-electron chi connectivity index (χ4n) is 0.982. The van der Waals surface area contributed by atoms with E-state index in [-0.39, 0.29) is 18.5 Å². The minimum Gasteiger partial charge on any atom is -0.383 e. The van der Waals surface area contributed by atoms with Gasteiger partial charge in [-0.2, -0.15) is 5.10 Å². The third-order valence-electron chi connectivity index (χ3n) is 1.83. The van der Waals surface area contributed by atoms with Crippen LogP contribution in [0.4, 0.5) is 5.82 Å². The predicted octanol–water partition coefficient (Wildman–Crippen LogP) is 0.610.